The van der Waals surface area contributed by atoms with Crippen LogP contribution in [0.25, 0.3) is 5.57 Å². The average Bonchev–Trinajstić information content (AvgIpc) is 2.79. The highest BCUT2D eigenvalue weighted by molar-refractivity contribution is 5.76. The molecule has 29 heavy (non-hydrogen) atoms. The van der Waals surface area contributed by atoms with E-state index in [2.05, 4.69) is 47.1 Å². The van der Waals surface area contributed by atoms with Gasteiger partial charge in [0.15, 0.2) is 11.5 Å². The highest BCUT2D eigenvalue weighted by Gasteiger charge is 2.22. The van der Waals surface area contributed by atoms with Crippen LogP contribution in [0.4, 0.5) is 5.69 Å². The maximum atomic E-state index is 6.04. The lowest BCUT2D eigenvalue weighted by Gasteiger charge is -2.36. The van der Waals surface area contributed by atoms with Crippen molar-refractivity contribution in [1.29, 1.82) is 0 Å². The molecule has 0 radical (unpaired) electrons. The van der Waals surface area contributed by atoms with Gasteiger partial charge in [-0.05, 0) is 42.7 Å². The normalized spacial score (nSPS) is 17.0. The minimum absolute atomic E-state index is 0.651. The average molecular weight is 395 g/mol. The SMILES string of the molecule is COc1cc2c(cc1OC)C(C)=C(CCN1CCN(c3ccccc3)CC1)CO2. The number of ether oxygens (including phenoxy) is 3. The van der Waals surface area contributed by atoms with Gasteiger partial charge in [0.05, 0.1) is 14.2 Å². The zero-order chi connectivity index (χ0) is 20.2. The van der Waals surface area contributed by atoms with Gasteiger partial charge in [0.25, 0.3) is 0 Å². The molecule has 2 heterocycles. The Morgan fingerprint density at radius 3 is 2.31 bits per heavy atom. The first-order valence-electron chi connectivity index (χ1n) is 10.3. The van der Waals surface area contributed by atoms with E-state index in [9.17, 15) is 0 Å². The molecular weight excluding hydrogens is 364 g/mol. The molecule has 154 valence electrons. The molecular formula is C24H30N2O3. The van der Waals surface area contributed by atoms with Gasteiger partial charge in [0.1, 0.15) is 12.4 Å². The van der Waals surface area contributed by atoms with Gasteiger partial charge in [0, 0.05) is 50.0 Å². The van der Waals surface area contributed by atoms with Crippen LogP contribution in [0, 0.1) is 0 Å². The van der Waals surface area contributed by atoms with E-state index in [0.29, 0.717) is 12.4 Å². The molecule has 5 heteroatoms. The third-order valence-corrected chi connectivity index (χ3v) is 6.05. The number of piperazine rings is 1. The number of hydrogen-bond acceptors (Lipinski definition) is 5. The second-order valence-electron chi connectivity index (χ2n) is 7.63. The van der Waals surface area contributed by atoms with Crippen LogP contribution in [0.2, 0.25) is 0 Å². The number of anilines is 1. The molecule has 2 aromatic rings. The molecule has 0 aromatic heterocycles. The van der Waals surface area contributed by atoms with E-state index in [0.717, 1.165) is 56.2 Å². The molecule has 0 unspecified atom stereocenters. The summed E-state index contributed by atoms with van der Waals surface area (Å²) < 4.78 is 16.9. The largest absolute Gasteiger partial charge is 0.493 e. The Morgan fingerprint density at radius 1 is 0.931 bits per heavy atom. The molecule has 5 nitrogen and oxygen atoms in total. The highest BCUT2D eigenvalue weighted by atomic mass is 16.5. The summed E-state index contributed by atoms with van der Waals surface area (Å²) in [4.78, 5) is 5.03. The van der Waals surface area contributed by atoms with E-state index in [1.807, 2.05) is 12.1 Å². The second-order valence-corrected chi connectivity index (χ2v) is 7.63. The van der Waals surface area contributed by atoms with Crippen molar-refractivity contribution < 1.29 is 14.2 Å². The van der Waals surface area contributed by atoms with Crippen molar-refractivity contribution in [3.05, 3.63) is 53.6 Å². The van der Waals surface area contributed by atoms with E-state index < -0.39 is 0 Å². The molecule has 0 spiro atoms. The van der Waals surface area contributed by atoms with Gasteiger partial charge in [-0.3, -0.25) is 4.90 Å². The number of benzene rings is 2. The first-order valence-corrected chi connectivity index (χ1v) is 10.3. The third kappa shape index (κ3) is 4.20. The molecule has 0 atom stereocenters. The van der Waals surface area contributed by atoms with Gasteiger partial charge in [-0.1, -0.05) is 18.2 Å². The Balaban J connectivity index is 1.38. The Morgan fingerprint density at radius 2 is 1.62 bits per heavy atom. The number of fused-ring (bicyclic) bond motifs is 1. The maximum absolute atomic E-state index is 6.04. The predicted molar refractivity (Wildman–Crippen MR) is 117 cm³/mol. The molecule has 0 aliphatic carbocycles. The Hall–Kier alpha value is -2.66. The molecule has 0 amide bonds. The van der Waals surface area contributed by atoms with Gasteiger partial charge in [-0.25, -0.2) is 0 Å². The zero-order valence-electron chi connectivity index (χ0n) is 17.6. The van der Waals surface area contributed by atoms with Crippen molar-refractivity contribution in [2.45, 2.75) is 13.3 Å². The topological polar surface area (TPSA) is 34.2 Å². The monoisotopic (exact) mass is 394 g/mol. The zero-order valence-corrected chi connectivity index (χ0v) is 17.6. The summed E-state index contributed by atoms with van der Waals surface area (Å²) >= 11 is 0. The van der Waals surface area contributed by atoms with Gasteiger partial charge in [-0.2, -0.15) is 0 Å². The van der Waals surface area contributed by atoms with Crippen molar-refractivity contribution in [2.75, 3.05) is 58.5 Å². The molecule has 1 saturated heterocycles. The van der Waals surface area contributed by atoms with Crippen molar-refractivity contribution in [2.24, 2.45) is 0 Å². The number of allylic oxidation sites excluding steroid dienone is 1. The summed E-state index contributed by atoms with van der Waals surface area (Å²) in [5.41, 5.74) is 5.11. The van der Waals surface area contributed by atoms with Gasteiger partial charge < -0.3 is 19.1 Å². The van der Waals surface area contributed by atoms with Crippen LogP contribution < -0.4 is 19.1 Å². The third-order valence-electron chi connectivity index (χ3n) is 6.05. The Labute approximate surface area is 173 Å². The van der Waals surface area contributed by atoms with E-state index in [4.69, 9.17) is 14.2 Å². The van der Waals surface area contributed by atoms with Crippen LogP contribution in [-0.4, -0.2) is 58.5 Å². The summed E-state index contributed by atoms with van der Waals surface area (Å²) in [6.45, 7) is 8.28. The fourth-order valence-electron chi connectivity index (χ4n) is 4.16. The van der Waals surface area contributed by atoms with Crippen LogP contribution in [0.1, 0.15) is 18.9 Å². The molecule has 0 N–H and O–H groups in total. The summed E-state index contributed by atoms with van der Waals surface area (Å²) in [6.07, 6.45) is 1.03. The van der Waals surface area contributed by atoms with Crippen molar-refractivity contribution in [3.8, 4) is 17.2 Å². The molecule has 2 aliphatic heterocycles. The lowest BCUT2D eigenvalue weighted by Crippen LogP contribution is -2.46. The fourth-order valence-corrected chi connectivity index (χ4v) is 4.16. The van der Waals surface area contributed by atoms with Crippen molar-refractivity contribution >= 4 is 11.3 Å². The smallest absolute Gasteiger partial charge is 0.164 e. The standard InChI is InChI=1S/C24H30N2O3/c1-18-19(17-29-22-16-24(28-3)23(27-2)15-21(18)22)9-10-25-11-13-26(14-12-25)20-7-5-4-6-8-20/h4-8,15-16H,9-14,17H2,1-3H3. The van der Waals surface area contributed by atoms with E-state index >= 15 is 0 Å². The van der Waals surface area contributed by atoms with Crippen LogP contribution >= 0.6 is 0 Å². The van der Waals surface area contributed by atoms with Crippen LogP contribution in [0.3, 0.4) is 0 Å². The highest BCUT2D eigenvalue weighted by Crippen LogP contribution is 2.41. The molecule has 1 fully saturated rings. The lowest BCUT2D eigenvalue weighted by atomic mass is 9.96. The Kier molecular flexibility index (Phi) is 5.95. The van der Waals surface area contributed by atoms with Crippen LogP contribution in [0.5, 0.6) is 17.2 Å². The fraction of sp³-hybridized carbons (Fsp3) is 0.417. The van der Waals surface area contributed by atoms with Gasteiger partial charge in [0.2, 0.25) is 0 Å². The molecule has 2 aliphatic rings. The second kappa shape index (κ2) is 8.78. The maximum Gasteiger partial charge on any atom is 0.164 e. The minimum Gasteiger partial charge on any atom is -0.493 e. The van der Waals surface area contributed by atoms with E-state index in [1.165, 1.54) is 16.8 Å². The van der Waals surface area contributed by atoms with E-state index in [1.54, 1.807) is 14.2 Å². The van der Waals surface area contributed by atoms with Gasteiger partial charge >= 0.3 is 0 Å². The van der Waals surface area contributed by atoms with E-state index in [-0.39, 0.29) is 0 Å². The number of methoxy groups -OCH3 is 2. The quantitative estimate of drug-likeness (QED) is 0.737. The first kappa shape index (κ1) is 19.6. The summed E-state index contributed by atoms with van der Waals surface area (Å²) in [5, 5.41) is 0. The Bertz CT molecular complexity index is 871. The summed E-state index contributed by atoms with van der Waals surface area (Å²) in [6, 6.07) is 14.7. The molecule has 0 saturated carbocycles. The van der Waals surface area contributed by atoms with Crippen LogP contribution in [-0.2, 0) is 0 Å². The number of hydrogen-bond donors (Lipinski definition) is 0. The lowest BCUT2D eigenvalue weighted by molar-refractivity contribution is 0.254. The summed E-state index contributed by atoms with van der Waals surface area (Å²) in [7, 11) is 3.32. The van der Waals surface area contributed by atoms with Crippen LogP contribution in [0.15, 0.2) is 48.0 Å². The van der Waals surface area contributed by atoms with Crippen molar-refractivity contribution in [1.82, 2.24) is 4.90 Å². The first-order chi connectivity index (χ1) is 14.2. The van der Waals surface area contributed by atoms with Crippen molar-refractivity contribution in [3.63, 3.8) is 0 Å². The molecule has 2 aromatic carbocycles. The summed E-state index contributed by atoms with van der Waals surface area (Å²) in [5.74, 6) is 2.33. The predicted octanol–water partition coefficient (Wildman–Crippen LogP) is 4.08. The molecule has 0 bridgehead atoms. The number of rotatable bonds is 6. The van der Waals surface area contributed by atoms with Gasteiger partial charge in [-0.15, -0.1) is 0 Å². The minimum atomic E-state index is 0.651. The molecule has 4 rings (SSSR count). The number of para-hydroxylation sites is 1. The number of nitrogens with zero attached hydrogens (tertiary/aromatic N) is 2.